The second-order valence-corrected chi connectivity index (χ2v) is 3.54. The first-order valence-electron chi connectivity index (χ1n) is 5.44. The zero-order valence-corrected chi connectivity index (χ0v) is 10.1. The monoisotopic (exact) mass is 249 g/mol. The van der Waals surface area contributed by atoms with Crippen LogP contribution in [0.1, 0.15) is 6.42 Å². The summed E-state index contributed by atoms with van der Waals surface area (Å²) in [5, 5.41) is 11.7. The van der Waals surface area contributed by atoms with E-state index in [1.807, 2.05) is 30.3 Å². The van der Waals surface area contributed by atoms with Crippen molar-refractivity contribution >= 4 is 17.6 Å². The summed E-state index contributed by atoms with van der Waals surface area (Å²) < 4.78 is 4.52. The number of hydrogen-bond donors (Lipinski definition) is 2. The number of carboxylic acid groups (broad SMARTS) is 1. The van der Waals surface area contributed by atoms with E-state index in [0.29, 0.717) is 6.54 Å². The summed E-state index contributed by atoms with van der Waals surface area (Å²) >= 11 is 0. The molecule has 1 aromatic rings. The number of anilines is 1. The Labute approximate surface area is 105 Å². The van der Waals surface area contributed by atoms with Crippen molar-refractivity contribution in [2.75, 3.05) is 19.0 Å². The molecule has 0 saturated heterocycles. The molecule has 0 aliphatic rings. The van der Waals surface area contributed by atoms with Crippen LogP contribution in [0.15, 0.2) is 42.0 Å². The molecule has 1 rings (SSSR count). The van der Waals surface area contributed by atoms with Crippen LogP contribution in [0.2, 0.25) is 0 Å². The minimum atomic E-state index is -1.16. The molecular weight excluding hydrogens is 234 g/mol. The van der Waals surface area contributed by atoms with E-state index < -0.39 is 11.9 Å². The molecule has 0 bridgehead atoms. The standard InChI is InChI=1S/C13H15NO4/c1-18-13(17)10(9-12(15)16)7-8-14-11-5-3-2-4-6-11/h2-6,9,14H,7-8H2,1H3,(H,15,16)/b10-9+. The van der Waals surface area contributed by atoms with Gasteiger partial charge in [-0.25, -0.2) is 9.59 Å². The van der Waals surface area contributed by atoms with Gasteiger partial charge in [0.25, 0.3) is 0 Å². The van der Waals surface area contributed by atoms with Crippen molar-refractivity contribution in [2.24, 2.45) is 0 Å². The predicted octanol–water partition coefficient (Wildman–Crippen LogP) is 1.67. The van der Waals surface area contributed by atoms with Gasteiger partial charge in [-0.2, -0.15) is 0 Å². The number of aliphatic carboxylic acids is 1. The lowest BCUT2D eigenvalue weighted by Crippen LogP contribution is -2.12. The molecule has 5 nitrogen and oxygen atoms in total. The molecular formula is C13H15NO4. The highest BCUT2D eigenvalue weighted by atomic mass is 16.5. The second-order valence-electron chi connectivity index (χ2n) is 3.54. The molecule has 0 aliphatic heterocycles. The molecule has 0 aromatic heterocycles. The molecule has 2 N–H and O–H groups in total. The third kappa shape index (κ3) is 4.69. The van der Waals surface area contributed by atoms with Crippen molar-refractivity contribution in [3.63, 3.8) is 0 Å². The fourth-order valence-corrected chi connectivity index (χ4v) is 1.41. The Balaban J connectivity index is 2.53. The normalized spacial score (nSPS) is 10.8. The number of ether oxygens (including phenoxy) is 1. The van der Waals surface area contributed by atoms with E-state index in [9.17, 15) is 9.59 Å². The summed E-state index contributed by atoms with van der Waals surface area (Å²) in [6.45, 7) is 0.457. The van der Waals surface area contributed by atoms with Crippen molar-refractivity contribution in [1.82, 2.24) is 0 Å². The molecule has 18 heavy (non-hydrogen) atoms. The molecule has 0 radical (unpaired) electrons. The summed E-state index contributed by atoms with van der Waals surface area (Å²) in [6, 6.07) is 9.44. The lowest BCUT2D eigenvalue weighted by Gasteiger charge is -2.07. The highest BCUT2D eigenvalue weighted by Gasteiger charge is 2.11. The number of hydrogen-bond acceptors (Lipinski definition) is 4. The van der Waals surface area contributed by atoms with Crippen LogP contribution < -0.4 is 5.32 Å². The van der Waals surface area contributed by atoms with Crippen molar-refractivity contribution in [3.8, 4) is 0 Å². The first kappa shape index (κ1) is 13.8. The molecule has 96 valence electrons. The zero-order chi connectivity index (χ0) is 13.4. The molecule has 0 saturated carbocycles. The molecule has 0 unspecified atom stereocenters. The van der Waals surface area contributed by atoms with Crippen LogP contribution >= 0.6 is 0 Å². The molecule has 0 atom stereocenters. The van der Waals surface area contributed by atoms with E-state index in [-0.39, 0.29) is 12.0 Å². The van der Waals surface area contributed by atoms with Gasteiger partial charge in [-0.3, -0.25) is 0 Å². The first-order valence-corrected chi connectivity index (χ1v) is 5.44. The Morgan fingerprint density at radius 3 is 2.56 bits per heavy atom. The summed E-state index contributed by atoms with van der Waals surface area (Å²) in [7, 11) is 1.22. The predicted molar refractivity (Wildman–Crippen MR) is 67.3 cm³/mol. The van der Waals surface area contributed by atoms with Gasteiger partial charge in [-0.1, -0.05) is 18.2 Å². The van der Waals surface area contributed by atoms with E-state index >= 15 is 0 Å². The van der Waals surface area contributed by atoms with E-state index in [1.165, 1.54) is 7.11 Å². The Hall–Kier alpha value is -2.30. The number of nitrogens with one attached hydrogen (secondary N) is 1. The van der Waals surface area contributed by atoms with Crippen LogP contribution in [0.4, 0.5) is 5.69 Å². The van der Waals surface area contributed by atoms with Crippen LogP contribution in [0.25, 0.3) is 0 Å². The summed E-state index contributed by atoms with van der Waals surface area (Å²) in [6.07, 6.45) is 1.16. The van der Waals surface area contributed by atoms with Crippen molar-refractivity contribution in [2.45, 2.75) is 6.42 Å². The van der Waals surface area contributed by atoms with Crippen LogP contribution in [0, 0.1) is 0 Å². The molecule has 0 fully saturated rings. The van der Waals surface area contributed by atoms with E-state index in [1.54, 1.807) is 0 Å². The third-order valence-corrected chi connectivity index (χ3v) is 2.24. The number of methoxy groups -OCH3 is 1. The van der Waals surface area contributed by atoms with Crippen molar-refractivity contribution in [1.29, 1.82) is 0 Å². The largest absolute Gasteiger partial charge is 0.478 e. The molecule has 0 aliphatic carbocycles. The van der Waals surface area contributed by atoms with Gasteiger partial charge in [-0.15, -0.1) is 0 Å². The van der Waals surface area contributed by atoms with Gasteiger partial charge in [0.05, 0.1) is 7.11 Å². The summed E-state index contributed by atoms with van der Waals surface area (Å²) in [5.74, 6) is -1.78. The second kappa shape index (κ2) is 7.11. The van der Waals surface area contributed by atoms with Gasteiger partial charge < -0.3 is 15.2 Å². The van der Waals surface area contributed by atoms with Crippen molar-refractivity contribution in [3.05, 3.63) is 42.0 Å². The maximum atomic E-state index is 11.3. The van der Waals surface area contributed by atoms with E-state index in [2.05, 4.69) is 10.1 Å². The number of benzene rings is 1. The maximum Gasteiger partial charge on any atom is 0.334 e. The van der Waals surface area contributed by atoms with Crippen LogP contribution in [0.5, 0.6) is 0 Å². The minimum absolute atomic E-state index is 0.133. The fourth-order valence-electron chi connectivity index (χ4n) is 1.41. The Kier molecular flexibility index (Phi) is 5.44. The quantitative estimate of drug-likeness (QED) is 0.592. The Morgan fingerprint density at radius 2 is 2.00 bits per heavy atom. The van der Waals surface area contributed by atoms with Crippen LogP contribution in [-0.4, -0.2) is 30.7 Å². The topological polar surface area (TPSA) is 75.6 Å². The lowest BCUT2D eigenvalue weighted by atomic mass is 10.1. The minimum Gasteiger partial charge on any atom is -0.478 e. The molecule has 1 aromatic carbocycles. The number of rotatable bonds is 6. The van der Waals surface area contributed by atoms with Gasteiger partial charge >= 0.3 is 11.9 Å². The Morgan fingerprint density at radius 1 is 1.33 bits per heavy atom. The van der Waals surface area contributed by atoms with Gasteiger partial charge in [0.1, 0.15) is 0 Å². The third-order valence-electron chi connectivity index (χ3n) is 2.24. The Bertz CT molecular complexity index is 440. The first-order chi connectivity index (χ1) is 8.63. The average molecular weight is 249 g/mol. The highest BCUT2D eigenvalue weighted by molar-refractivity contribution is 5.95. The molecule has 0 spiro atoms. The number of para-hydroxylation sites is 1. The van der Waals surface area contributed by atoms with Gasteiger partial charge in [-0.05, 0) is 18.6 Å². The number of carboxylic acids is 1. The average Bonchev–Trinajstić information content (AvgIpc) is 2.37. The zero-order valence-electron chi connectivity index (χ0n) is 10.1. The molecule has 0 heterocycles. The van der Waals surface area contributed by atoms with E-state index in [4.69, 9.17) is 5.11 Å². The lowest BCUT2D eigenvalue weighted by molar-refractivity contribution is -0.137. The van der Waals surface area contributed by atoms with Gasteiger partial charge in [0.2, 0.25) is 0 Å². The van der Waals surface area contributed by atoms with Crippen molar-refractivity contribution < 1.29 is 19.4 Å². The number of carbonyl (C=O) groups is 2. The number of carbonyl (C=O) groups excluding carboxylic acids is 1. The smallest absolute Gasteiger partial charge is 0.334 e. The van der Waals surface area contributed by atoms with Crippen LogP contribution in [-0.2, 0) is 14.3 Å². The fraction of sp³-hybridized carbons (Fsp3) is 0.231. The van der Waals surface area contributed by atoms with E-state index in [0.717, 1.165) is 11.8 Å². The SMILES string of the molecule is COC(=O)/C(=C/C(=O)O)CCNc1ccccc1. The highest BCUT2D eigenvalue weighted by Crippen LogP contribution is 2.08. The van der Waals surface area contributed by atoms with Gasteiger partial charge in [0, 0.05) is 23.9 Å². The maximum absolute atomic E-state index is 11.3. The van der Waals surface area contributed by atoms with Crippen LogP contribution in [0.3, 0.4) is 0 Å². The number of esters is 1. The molecule has 5 heteroatoms. The summed E-state index contributed by atoms with van der Waals surface area (Å²) in [5.41, 5.74) is 1.05. The summed E-state index contributed by atoms with van der Waals surface area (Å²) in [4.78, 5) is 21.9. The van der Waals surface area contributed by atoms with Gasteiger partial charge in [0.15, 0.2) is 0 Å². The molecule has 0 amide bonds.